The SMILES string of the molecule is CNCC(C)OCc1ccccc1Br. The van der Waals surface area contributed by atoms with Crippen LogP contribution in [-0.4, -0.2) is 19.7 Å². The molecule has 0 saturated heterocycles. The molecule has 1 N–H and O–H groups in total. The van der Waals surface area contributed by atoms with E-state index in [-0.39, 0.29) is 6.10 Å². The van der Waals surface area contributed by atoms with Crippen LogP contribution in [0.1, 0.15) is 12.5 Å². The van der Waals surface area contributed by atoms with Crippen molar-refractivity contribution in [2.45, 2.75) is 19.6 Å². The lowest BCUT2D eigenvalue weighted by molar-refractivity contribution is 0.0542. The predicted octanol–water partition coefficient (Wildman–Crippen LogP) is 2.57. The standard InChI is InChI=1S/C11H16BrNO/c1-9(7-13-2)14-8-10-5-3-4-6-11(10)12/h3-6,9,13H,7-8H2,1-2H3. The number of ether oxygens (including phenoxy) is 1. The van der Waals surface area contributed by atoms with Gasteiger partial charge < -0.3 is 10.1 Å². The van der Waals surface area contributed by atoms with Crippen LogP contribution in [-0.2, 0) is 11.3 Å². The summed E-state index contributed by atoms with van der Waals surface area (Å²) >= 11 is 3.49. The Morgan fingerprint density at radius 1 is 1.43 bits per heavy atom. The molecule has 0 aliphatic carbocycles. The molecule has 0 aromatic heterocycles. The molecule has 0 heterocycles. The molecule has 1 aromatic carbocycles. The maximum absolute atomic E-state index is 5.66. The van der Waals surface area contributed by atoms with Crippen LogP contribution in [0.5, 0.6) is 0 Å². The molecule has 1 atom stereocenters. The molecule has 0 aliphatic heterocycles. The fourth-order valence-corrected chi connectivity index (χ4v) is 1.59. The van der Waals surface area contributed by atoms with Crippen molar-refractivity contribution in [1.82, 2.24) is 5.32 Å². The van der Waals surface area contributed by atoms with Gasteiger partial charge in [0.2, 0.25) is 0 Å². The van der Waals surface area contributed by atoms with Crippen molar-refractivity contribution in [2.75, 3.05) is 13.6 Å². The van der Waals surface area contributed by atoms with Crippen molar-refractivity contribution in [1.29, 1.82) is 0 Å². The molecule has 14 heavy (non-hydrogen) atoms. The molecule has 0 spiro atoms. The highest BCUT2D eigenvalue weighted by Gasteiger charge is 2.02. The van der Waals surface area contributed by atoms with E-state index in [1.165, 1.54) is 5.56 Å². The van der Waals surface area contributed by atoms with Gasteiger partial charge in [0.1, 0.15) is 0 Å². The first-order valence-corrected chi connectivity index (χ1v) is 5.53. The van der Waals surface area contributed by atoms with Crippen LogP contribution in [0.3, 0.4) is 0 Å². The quantitative estimate of drug-likeness (QED) is 0.876. The van der Waals surface area contributed by atoms with Gasteiger partial charge in [-0.05, 0) is 25.6 Å². The molecule has 1 aromatic rings. The summed E-state index contributed by atoms with van der Waals surface area (Å²) in [7, 11) is 1.93. The maximum atomic E-state index is 5.66. The van der Waals surface area contributed by atoms with Crippen LogP contribution < -0.4 is 5.32 Å². The van der Waals surface area contributed by atoms with Gasteiger partial charge in [-0.15, -0.1) is 0 Å². The monoisotopic (exact) mass is 257 g/mol. The summed E-state index contributed by atoms with van der Waals surface area (Å²) in [5.74, 6) is 0. The normalized spacial score (nSPS) is 12.8. The number of nitrogens with one attached hydrogen (secondary N) is 1. The van der Waals surface area contributed by atoms with Crippen LogP contribution in [0.25, 0.3) is 0 Å². The maximum Gasteiger partial charge on any atom is 0.0732 e. The minimum absolute atomic E-state index is 0.243. The van der Waals surface area contributed by atoms with Gasteiger partial charge >= 0.3 is 0 Å². The summed E-state index contributed by atoms with van der Waals surface area (Å²) in [6.07, 6.45) is 0.243. The molecule has 0 fully saturated rings. The first kappa shape index (κ1) is 11.7. The van der Waals surface area contributed by atoms with Crippen molar-refractivity contribution in [2.24, 2.45) is 0 Å². The Kier molecular flexibility index (Phi) is 5.15. The Morgan fingerprint density at radius 2 is 2.14 bits per heavy atom. The van der Waals surface area contributed by atoms with Crippen LogP contribution in [0.2, 0.25) is 0 Å². The Hall–Kier alpha value is -0.380. The fraction of sp³-hybridized carbons (Fsp3) is 0.455. The summed E-state index contributed by atoms with van der Waals surface area (Å²) in [4.78, 5) is 0. The van der Waals surface area contributed by atoms with E-state index in [9.17, 15) is 0 Å². The predicted molar refractivity (Wildman–Crippen MR) is 62.3 cm³/mol. The van der Waals surface area contributed by atoms with Gasteiger partial charge in [0, 0.05) is 11.0 Å². The van der Waals surface area contributed by atoms with Crippen molar-refractivity contribution in [3.8, 4) is 0 Å². The van der Waals surface area contributed by atoms with Gasteiger partial charge in [0.05, 0.1) is 12.7 Å². The van der Waals surface area contributed by atoms with Gasteiger partial charge in [0.15, 0.2) is 0 Å². The largest absolute Gasteiger partial charge is 0.372 e. The van der Waals surface area contributed by atoms with Crippen LogP contribution in [0, 0.1) is 0 Å². The van der Waals surface area contributed by atoms with Gasteiger partial charge in [0.25, 0.3) is 0 Å². The molecule has 1 rings (SSSR count). The van der Waals surface area contributed by atoms with Gasteiger partial charge in [-0.3, -0.25) is 0 Å². The average molecular weight is 258 g/mol. The highest BCUT2D eigenvalue weighted by Crippen LogP contribution is 2.16. The van der Waals surface area contributed by atoms with E-state index in [2.05, 4.69) is 34.2 Å². The zero-order valence-electron chi connectivity index (χ0n) is 8.59. The molecule has 1 unspecified atom stereocenters. The van der Waals surface area contributed by atoms with Crippen LogP contribution >= 0.6 is 15.9 Å². The fourth-order valence-electron chi connectivity index (χ4n) is 1.19. The molecule has 0 saturated carbocycles. The number of halogens is 1. The average Bonchev–Trinajstić information content (AvgIpc) is 2.17. The number of benzene rings is 1. The number of rotatable bonds is 5. The highest BCUT2D eigenvalue weighted by molar-refractivity contribution is 9.10. The van der Waals surface area contributed by atoms with E-state index in [1.807, 2.05) is 25.2 Å². The van der Waals surface area contributed by atoms with Crippen molar-refractivity contribution >= 4 is 15.9 Å². The van der Waals surface area contributed by atoms with E-state index < -0.39 is 0 Å². The lowest BCUT2D eigenvalue weighted by Crippen LogP contribution is -2.23. The van der Waals surface area contributed by atoms with Gasteiger partial charge in [-0.25, -0.2) is 0 Å². The lowest BCUT2D eigenvalue weighted by atomic mass is 10.2. The summed E-state index contributed by atoms with van der Waals surface area (Å²) in [6.45, 7) is 3.60. The minimum atomic E-state index is 0.243. The summed E-state index contributed by atoms with van der Waals surface area (Å²) in [5.41, 5.74) is 1.19. The lowest BCUT2D eigenvalue weighted by Gasteiger charge is -2.12. The summed E-state index contributed by atoms with van der Waals surface area (Å²) < 4.78 is 6.76. The molecule has 0 radical (unpaired) electrons. The first-order chi connectivity index (χ1) is 6.74. The van der Waals surface area contributed by atoms with E-state index in [4.69, 9.17) is 4.74 Å². The molecule has 0 amide bonds. The molecular weight excluding hydrogens is 242 g/mol. The zero-order chi connectivity index (χ0) is 10.4. The Balaban J connectivity index is 2.41. The summed E-state index contributed by atoms with van der Waals surface area (Å²) in [6, 6.07) is 8.12. The number of hydrogen-bond donors (Lipinski definition) is 1. The van der Waals surface area contributed by atoms with Crippen molar-refractivity contribution < 1.29 is 4.74 Å². The van der Waals surface area contributed by atoms with Crippen LogP contribution in [0.4, 0.5) is 0 Å². The van der Waals surface area contributed by atoms with Gasteiger partial charge in [-0.2, -0.15) is 0 Å². The molecule has 3 heteroatoms. The second-order valence-corrected chi connectivity index (χ2v) is 4.13. The third-order valence-corrected chi connectivity index (χ3v) is 2.75. The molecule has 0 bridgehead atoms. The van der Waals surface area contributed by atoms with Gasteiger partial charge in [-0.1, -0.05) is 34.1 Å². The van der Waals surface area contributed by atoms with Crippen molar-refractivity contribution in [3.05, 3.63) is 34.3 Å². The Labute approximate surface area is 93.8 Å². The zero-order valence-corrected chi connectivity index (χ0v) is 10.2. The first-order valence-electron chi connectivity index (χ1n) is 4.73. The van der Waals surface area contributed by atoms with Crippen LogP contribution in [0.15, 0.2) is 28.7 Å². The highest BCUT2D eigenvalue weighted by atomic mass is 79.9. The summed E-state index contributed by atoms with van der Waals surface area (Å²) in [5, 5.41) is 3.08. The second kappa shape index (κ2) is 6.17. The second-order valence-electron chi connectivity index (χ2n) is 3.27. The van der Waals surface area contributed by atoms with E-state index in [0.717, 1.165) is 11.0 Å². The molecule has 78 valence electrons. The smallest absolute Gasteiger partial charge is 0.0732 e. The molecule has 2 nitrogen and oxygen atoms in total. The van der Waals surface area contributed by atoms with E-state index in [0.29, 0.717) is 6.61 Å². The Bertz CT molecular complexity index is 278. The van der Waals surface area contributed by atoms with Crippen molar-refractivity contribution in [3.63, 3.8) is 0 Å². The number of likely N-dealkylation sites (N-methyl/N-ethyl adjacent to an activating group) is 1. The topological polar surface area (TPSA) is 21.3 Å². The minimum Gasteiger partial charge on any atom is -0.372 e. The van der Waals surface area contributed by atoms with E-state index in [1.54, 1.807) is 0 Å². The molecular formula is C11H16BrNO. The van der Waals surface area contributed by atoms with E-state index >= 15 is 0 Å². The molecule has 0 aliphatic rings. The Morgan fingerprint density at radius 3 is 2.79 bits per heavy atom. The number of hydrogen-bond acceptors (Lipinski definition) is 2. The third kappa shape index (κ3) is 3.78. The third-order valence-electron chi connectivity index (χ3n) is 1.97.